The number of nitrogens with zero attached hydrogens (tertiary/aromatic N) is 5. The van der Waals surface area contributed by atoms with Crippen LogP contribution in [0.2, 0.25) is 0 Å². The van der Waals surface area contributed by atoms with Crippen molar-refractivity contribution in [2.75, 3.05) is 31.1 Å². The van der Waals surface area contributed by atoms with Gasteiger partial charge in [0, 0.05) is 38.6 Å². The summed E-state index contributed by atoms with van der Waals surface area (Å²) >= 11 is 0. The van der Waals surface area contributed by atoms with Crippen molar-refractivity contribution in [1.29, 1.82) is 0 Å². The van der Waals surface area contributed by atoms with Crippen molar-refractivity contribution < 1.29 is 9.18 Å². The molecule has 7 heteroatoms. The molecule has 0 saturated carbocycles. The van der Waals surface area contributed by atoms with E-state index in [1.807, 2.05) is 23.7 Å². The van der Waals surface area contributed by atoms with Crippen LogP contribution in [-0.4, -0.2) is 51.6 Å². The molecule has 26 heavy (non-hydrogen) atoms. The summed E-state index contributed by atoms with van der Waals surface area (Å²) in [5, 5.41) is 4.42. The molecule has 6 nitrogen and oxygen atoms in total. The van der Waals surface area contributed by atoms with E-state index >= 15 is 0 Å². The molecule has 1 aliphatic heterocycles. The van der Waals surface area contributed by atoms with Crippen LogP contribution in [0.3, 0.4) is 0 Å². The van der Waals surface area contributed by atoms with Crippen LogP contribution < -0.4 is 4.90 Å². The second kappa shape index (κ2) is 6.74. The van der Waals surface area contributed by atoms with Crippen LogP contribution in [0.5, 0.6) is 0 Å². The number of rotatable bonds is 3. The highest BCUT2D eigenvalue weighted by atomic mass is 19.1. The number of benzene rings is 1. The Morgan fingerprint density at radius 3 is 2.73 bits per heavy atom. The van der Waals surface area contributed by atoms with Gasteiger partial charge in [-0.3, -0.25) is 4.79 Å². The quantitative estimate of drug-likeness (QED) is 0.723. The number of aryl methyl sites for hydroxylation is 1. The summed E-state index contributed by atoms with van der Waals surface area (Å²) in [6, 6.07) is 8.45. The third kappa shape index (κ3) is 3.12. The average Bonchev–Trinajstić information content (AvgIpc) is 3.04. The van der Waals surface area contributed by atoms with Gasteiger partial charge < -0.3 is 9.80 Å². The van der Waals surface area contributed by atoms with E-state index in [9.17, 15) is 9.18 Å². The van der Waals surface area contributed by atoms with Crippen LogP contribution in [0.4, 0.5) is 10.2 Å². The van der Waals surface area contributed by atoms with Gasteiger partial charge in [-0.1, -0.05) is 18.2 Å². The summed E-state index contributed by atoms with van der Waals surface area (Å²) < 4.78 is 15.6. The van der Waals surface area contributed by atoms with E-state index in [0.717, 1.165) is 17.0 Å². The number of hydrogen-bond acceptors (Lipinski definition) is 4. The highest BCUT2D eigenvalue weighted by Gasteiger charge is 2.24. The molecule has 3 heterocycles. The fourth-order valence-electron chi connectivity index (χ4n) is 3.36. The van der Waals surface area contributed by atoms with Crippen molar-refractivity contribution in [3.8, 4) is 0 Å². The van der Waals surface area contributed by atoms with Gasteiger partial charge in [0.05, 0.1) is 12.1 Å². The third-order valence-corrected chi connectivity index (χ3v) is 4.72. The zero-order chi connectivity index (χ0) is 18.1. The minimum absolute atomic E-state index is 0.0406. The summed E-state index contributed by atoms with van der Waals surface area (Å²) in [6.07, 6.45) is 3.67. The topological polar surface area (TPSA) is 53.7 Å². The fraction of sp³-hybridized carbons (Fsp3) is 0.316. The zero-order valence-corrected chi connectivity index (χ0v) is 14.6. The molecular formula is C19H20FN5O. The zero-order valence-electron chi connectivity index (χ0n) is 14.6. The molecule has 1 aromatic carbocycles. The Balaban J connectivity index is 1.44. The number of aromatic nitrogens is 3. The molecule has 0 spiro atoms. The number of anilines is 1. The van der Waals surface area contributed by atoms with E-state index in [1.165, 1.54) is 6.07 Å². The molecule has 1 amide bonds. The lowest BCUT2D eigenvalue weighted by atomic mass is 10.1. The van der Waals surface area contributed by atoms with E-state index in [1.54, 1.807) is 29.3 Å². The number of fused-ring (bicyclic) bond motifs is 1. The normalized spacial score (nSPS) is 14.8. The lowest BCUT2D eigenvalue weighted by Crippen LogP contribution is -2.49. The van der Waals surface area contributed by atoms with Gasteiger partial charge in [-0.2, -0.15) is 5.10 Å². The minimum Gasteiger partial charge on any atom is -0.351 e. The van der Waals surface area contributed by atoms with Crippen LogP contribution >= 0.6 is 0 Å². The molecule has 1 saturated heterocycles. The van der Waals surface area contributed by atoms with Crippen LogP contribution in [0.25, 0.3) is 5.52 Å². The summed E-state index contributed by atoms with van der Waals surface area (Å²) in [6.45, 7) is 4.54. The predicted octanol–water partition coefficient (Wildman–Crippen LogP) is 2.07. The molecule has 3 aromatic rings. The molecule has 0 N–H and O–H groups in total. The predicted molar refractivity (Wildman–Crippen MR) is 96.6 cm³/mol. The number of piperazine rings is 1. The standard InChI is InChI=1S/C19H20FN5O/c1-14-12-17-19(21-6-7-25(17)22-14)24-10-8-23(9-11-24)18(26)13-15-4-2-3-5-16(15)20/h2-7,12H,8-11,13H2,1H3. The third-order valence-electron chi connectivity index (χ3n) is 4.72. The molecule has 1 fully saturated rings. The van der Waals surface area contributed by atoms with Crippen LogP contribution in [0.1, 0.15) is 11.3 Å². The highest BCUT2D eigenvalue weighted by molar-refractivity contribution is 5.79. The molecule has 0 atom stereocenters. The maximum absolute atomic E-state index is 13.8. The molecular weight excluding hydrogens is 333 g/mol. The van der Waals surface area contributed by atoms with Crippen molar-refractivity contribution >= 4 is 17.2 Å². The molecule has 0 unspecified atom stereocenters. The van der Waals surface area contributed by atoms with Crippen molar-refractivity contribution in [2.24, 2.45) is 0 Å². The fourth-order valence-corrected chi connectivity index (χ4v) is 3.36. The second-order valence-electron chi connectivity index (χ2n) is 6.50. The molecule has 0 bridgehead atoms. The van der Waals surface area contributed by atoms with Crippen molar-refractivity contribution in [3.63, 3.8) is 0 Å². The SMILES string of the molecule is Cc1cc2c(N3CCN(C(=O)Cc4ccccc4F)CC3)nccn2n1. The first-order valence-corrected chi connectivity index (χ1v) is 8.69. The Hall–Kier alpha value is -2.96. The van der Waals surface area contributed by atoms with Gasteiger partial charge in [0.2, 0.25) is 5.91 Å². The van der Waals surface area contributed by atoms with Crippen LogP contribution in [0, 0.1) is 12.7 Å². The lowest BCUT2D eigenvalue weighted by Gasteiger charge is -2.35. The van der Waals surface area contributed by atoms with Gasteiger partial charge in [0.15, 0.2) is 5.82 Å². The molecule has 1 aliphatic rings. The Morgan fingerprint density at radius 1 is 1.19 bits per heavy atom. The summed E-state index contributed by atoms with van der Waals surface area (Å²) in [7, 11) is 0. The summed E-state index contributed by atoms with van der Waals surface area (Å²) in [4.78, 5) is 21.0. The van der Waals surface area contributed by atoms with Gasteiger partial charge in [-0.15, -0.1) is 0 Å². The summed E-state index contributed by atoms with van der Waals surface area (Å²) in [5.74, 6) is 0.516. The lowest BCUT2D eigenvalue weighted by molar-refractivity contribution is -0.130. The smallest absolute Gasteiger partial charge is 0.227 e. The first-order chi connectivity index (χ1) is 12.6. The Labute approximate surface area is 150 Å². The summed E-state index contributed by atoms with van der Waals surface area (Å²) in [5.41, 5.74) is 2.36. The Bertz CT molecular complexity index is 946. The Kier molecular flexibility index (Phi) is 4.28. The van der Waals surface area contributed by atoms with E-state index in [-0.39, 0.29) is 18.1 Å². The monoisotopic (exact) mass is 353 g/mol. The van der Waals surface area contributed by atoms with E-state index in [4.69, 9.17) is 0 Å². The Morgan fingerprint density at radius 2 is 1.96 bits per heavy atom. The molecule has 134 valence electrons. The van der Waals surface area contributed by atoms with Crippen LogP contribution in [0.15, 0.2) is 42.7 Å². The maximum Gasteiger partial charge on any atom is 0.227 e. The van der Waals surface area contributed by atoms with Crippen molar-refractivity contribution in [2.45, 2.75) is 13.3 Å². The number of carbonyl (C=O) groups excluding carboxylic acids is 1. The van der Waals surface area contributed by atoms with Crippen molar-refractivity contribution in [1.82, 2.24) is 19.5 Å². The molecule has 4 rings (SSSR count). The van der Waals surface area contributed by atoms with Gasteiger partial charge in [-0.25, -0.2) is 13.9 Å². The molecule has 2 aromatic heterocycles. The van der Waals surface area contributed by atoms with Gasteiger partial charge in [0.1, 0.15) is 11.3 Å². The number of carbonyl (C=O) groups is 1. The number of halogens is 1. The first kappa shape index (κ1) is 16.5. The minimum atomic E-state index is -0.327. The second-order valence-corrected chi connectivity index (χ2v) is 6.50. The molecule has 0 aliphatic carbocycles. The number of hydrogen-bond donors (Lipinski definition) is 0. The highest BCUT2D eigenvalue weighted by Crippen LogP contribution is 2.21. The van der Waals surface area contributed by atoms with Gasteiger partial charge in [-0.05, 0) is 24.6 Å². The van der Waals surface area contributed by atoms with E-state index < -0.39 is 0 Å². The van der Waals surface area contributed by atoms with Gasteiger partial charge in [0.25, 0.3) is 0 Å². The van der Waals surface area contributed by atoms with E-state index in [0.29, 0.717) is 31.7 Å². The molecule has 0 radical (unpaired) electrons. The number of amides is 1. The van der Waals surface area contributed by atoms with E-state index in [2.05, 4.69) is 15.0 Å². The van der Waals surface area contributed by atoms with Crippen molar-refractivity contribution in [3.05, 3.63) is 59.8 Å². The first-order valence-electron chi connectivity index (χ1n) is 8.69. The van der Waals surface area contributed by atoms with Crippen LogP contribution in [-0.2, 0) is 11.2 Å². The average molecular weight is 353 g/mol. The largest absolute Gasteiger partial charge is 0.351 e. The van der Waals surface area contributed by atoms with Gasteiger partial charge >= 0.3 is 0 Å². The maximum atomic E-state index is 13.8.